The van der Waals surface area contributed by atoms with Crippen LogP contribution in [0.1, 0.15) is 39.5 Å². The van der Waals surface area contributed by atoms with Crippen LogP contribution in [0.25, 0.3) is 0 Å². The van der Waals surface area contributed by atoms with Gasteiger partial charge in [0.25, 0.3) is 0 Å². The molecule has 0 aromatic heterocycles. The van der Waals surface area contributed by atoms with E-state index in [0.29, 0.717) is 13.1 Å². The predicted octanol–water partition coefficient (Wildman–Crippen LogP) is 0.186. The molecular formula is C14H26N4O6. The molecule has 0 aliphatic heterocycles. The molecule has 0 rings (SSSR count). The maximum atomic E-state index is 11.3. The topological polar surface area (TPSA) is 135 Å². The number of nitrogens with one attached hydrogen (secondary N) is 4. The van der Waals surface area contributed by atoms with Gasteiger partial charge in [-0.3, -0.25) is 9.59 Å². The first-order valence-corrected chi connectivity index (χ1v) is 7.72. The average molecular weight is 346 g/mol. The number of carbonyl (C=O) groups is 4. The summed E-state index contributed by atoms with van der Waals surface area (Å²) in [5, 5.41) is 9.82. The van der Waals surface area contributed by atoms with E-state index in [4.69, 9.17) is 0 Å². The largest absolute Gasteiger partial charge is 0.412 e. The van der Waals surface area contributed by atoms with Gasteiger partial charge in [-0.15, -0.1) is 0 Å². The van der Waals surface area contributed by atoms with E-state index in [1.165, 1.54) is 13.8 Å². The average Bonchev–Trinajstić information content (AvgIpc) is 2.49. The fourth-order valence-corrected chi connectivity index (χ4v) is 1.54. The third-order valence-electron chi connectivity index (χ3n) is 2.70. The van der Waals surface area contributed by atoms with E-state index < -0.39 is 19.0 Å². The molecule has 0 spiro atoms. The van der Waals surface area contributed by atoms with Gasteiger partial charge in [0.1, 0.15) is 0 Å². The summed E-state index contributed by atoms with van der Waals surface area (Å²) in [7, 11) is 0. The number of carbonyl (C=O) groups excluding carboxylic acids is 4. The fourth-order valence-electron chi connectivity index (χ4n) is 1.54. The van der Waals surface area contributed by atoms with Gasteiger partial charge in [0.15, 0.2) is 0 Å². The van der Waals surface area contributed by atoms with E-state index in [1.54, 1.807) is 0 Å². The van der Waals surface area contributed by atoms with E-state index in [2.05, 4.69) is 30.7 Å². The molecule has 0 heterocycles. The van der Waals surface area contributed by atoms with Crippen molar-refractivity contribution in [3.8, 4) is 0 Å². The lowest BCUT2D eigenvalue weighted by atomic mass is 10.2. The van der Waals surface area contributed by atoms with Gasteiger partial charge >= 0.3 is 12.2 Å². The minimum absolute atomic E-state index is 0.0366. The second-order valence-electron chi connectivity index (χ2n) is 4.89. The van der Waals surface area contributed by atoms with Crippen molar-refractivity contribution in [3.63, 3.8) is 0 Å². The van der Waals surface area contributed by atoms with Gasteiger partial charge in [0.05, 0.1) is 6.67 Å². The van der Waals surface area contributed by atoms with Crippen LogP contribution in [0.15, 0.2) is 0 Å². The molecule has 0 unspecified atom stereocenters. The van der Waals surface area contributed by atoms with E-state index in [9.17, 15) is 19.2 Å². The highest BCUT2D eigenvalue weighted by molar-refractivity contribution is 5.74. The summed E-state index contributed by atoms with van der Waals surface area (Å²) < 4.78 is 9.21. The van der Waals surface area contributed by atoms with Gasteiger partial charge in [-0.2, -0.15) is 0 Å². The first-order valence-electron chi connectivity index (χ1n) is 7.72. The quantitative estimate of drug-likeness (QED) is 0.311. The third-order valence-corrected chi connectivity index (χ3v) is 2.70. The zero-order valence-corrected chi connectivity index (χ0v) is 14.1. The molecule has 0 aromatic rings. The molecule has 0 aliphatic carbocycles. The van der Waals surface area contributed by atoms with Crippen molar-refractivity contribution in [2.45, 2.75) is 39.5 Å². The van der Waals surface area contributed by atoms with Crippen molar-refractivity contribution in [3.05, 3.63) is 0 Å². The van der Waals surface area contributed by atoms with Crippen molar-refractivity contribution >= 4 is 24.0 Å². The molecule has 0 aromatic carbocycles. The van der Waals surface area contributed by atoms with Crippen LogP contribution in [0, 0.1) is 0 Å². The number of unbranched alkanes of at least 4 members (excludes halogenated alkanes) is 3. The van der Waals surface area contributed by atoms with Crippen LogP contribution in [0.3, 0.4) is 0 Å². The van der Waals surface area contributed by atoms with Gasteiger partial charge in [-0.25, -0.2) is 9.59 Å². The summed E-state index contributed by atoms with van der Waals surface area (Å²) in [4.78, 5) is 43.6. The summed E-state index contributed by atoms with van der Waals surface area (Å²) >= 11 is 0. The summed E-state index contributed by atoms with van der Waals surface area (Å²) in [6, 6.07) is 0. The molecule has 10 nitrogen and oxygen atoms in total. The van der Waals surface area contributed by atoms with Crippen molar-refractivity contribution in [2.75, 3.05) is 26.6 Å². The lowest BCUT2D eigenvalue weighted by Gasteiger charge is -2.09. The molecule has 10 heteroatoms. The molecule has 0 bridgehead atoms. The van der Waals surface area contributed by atoms with Crippen LogP contribution in [0.2, 0.25) is 0 Å². The Kier molecular flexibility index (Phi) is 12.6. The van der Waals surface area contributed by atoms with Crippen molar-refractivity contribution < 1.29 is 28.7 Å². The molecule has 24 heavy (non-hydrogen) atoms. The highest BCUT2D eigenvalue weighted by Gasteiger charge is 2.04. The van der Waals surface area contributed by atoms with Gasteiger partial charge < -0.3 is 30.7 Å². The highest BCUT2D eigenvalue weighted by atomic mass is 16.7. The van der Waals surface area contributed by atoms with Crippen LogP contribution in [0.5, 0.6) is 0 Å². The molecule has 0 fully saturated rings. The third kappa shape index (κ3) is 15.9. The highest BCUT2D eigenvalue weighted by Crippen LogP contribution is 1.97. The molecule has 4 amide bonds. The van der Waals surface area contributed by atoms with Crippen molar-refractivity contribution in [2.24, 2.45) is 0 Å². The number of hydrogen-bond donors (Lipinski definition) is 4. The first-order chi connectivity index (χ1) is 11.4. The van der Waals surface area contributed by atoms with Gasteiger partial charge in [0.2, 0.25) is 18.6 Å². The zero-order valence-electron chi connectivity index (χ0n) is 14.1. The molecule has 4 N–H and O–H groups in total. The number of ether oxygens (including phenoxy) is 2. The fraction of sp³-hybridized carbons (Fsp3) is 0.714. The van der Waals surface area contributed by atoms with Crippen LogP contribution in [-0.2, 0) is 19.1 Å². The monoisotopic (exact) mass is 346 g/mol. The summed E-state index contributed by atoms with van der Waals surface area (Å²) in [6.45, 7) is 3.31. The number of rotatable bonds is 11. The van der Waals surface area contributed by atoms with Crippen LogP contribution in [0.4, 0.5) is 9.59 Å². The lowest BCUT2D eigenvalue weighted by Crippen LogP contribution is -2.37. The number of amides is 4. The lowest BCUT2D eigenvalue weighted by molar-refractivity contribution is -0.119. The van der Waals surface area contributed by atoms with Gasteiger partial charge in [-0.1, -0.05) is 12.8 Å². The maximum Gasteiger partial charge on any atom is 0.411 e. The molecule has 0 radical (unpaired) electrons. The SMILES string of the molecule is CC(=O)NCCCCCCNC(=O)OCOC(=O)NCNC(C)=O. The van der Waals surface area contributed by atoms with Crippen LogP contribution in [-0.4, -0.2) is 50.6 Å². The Hall–Kier alpha value is -2.52. The van der Waals surface area contributed by atoms with Gasteiger partial charge in [0, 0.05) is 26.9 Å². The Morgan fingerprint density at radius 3 is 1.71 bits per heavy atom. The Morgan fingerprint density at radius 1 is 0.667 bits per heavy atom. The zero-order chi connectivity index (χ0) is 18.2. The minimum Gasteiger partial charge on any atom is -0.412 e. The van der Waals surface area contributed by atoms with E-state index >= 15 is 0 Å². The normalized spacial score (nSPS) is 9.58. The second-order valence-corrected chi connectivity index (χ2v) is 4.89. The number of hydrogen-bond acceptors (Lipinski definition) is 6. The van der Waals surface area contributed by atoms with Crippen molar-refractivity contribution in [1.82, 2.24) is 21.3 Å². The van der Waals surface area contributed by atoms with Crippen LogP contribution >= 0.6 is 0 Å². The van der Waals surface area contributed by atoms with E-state index in [-0.39, 0.29) is 18.5 Å². The van der Waals surface area contributed by atoms with Crippen LogP contribution < -0.4 is 21.3 Å². The van der Waals surface area contributed by atoms with E-state index in [0.717, 1.165) is 25.7 Å². The van der Waals surface area contributed by atoms with E-state index in [1.807, 2.05) is 0 Å². The molecule has 0 aliphatic rings. The predicted molar refractivity (Wildman–Crippen MR) is 84.8 cm³/mol. The Morgan fingerprint density at radius 2 is 1.17 bits per heavy atom. The maximum absolute atomic E-state index is 11.3. The Balaban J connectivity index is 3.39. The molecule has 0 saturated carbocycles. The Bertz CT molecular complexity index is 416. The standard InChI is InChI=1S/C14H26N4O6/c1-11(19)15-7-5-3-4-6-8-16-13(21)23-10-24-14(22)18-9-17-12(2)20/h3-10H2,1-2H3,(H,15,19)(H,16,21)(H,17,20)(H,18,22). The second kappa shape index (κ2) is 14.1. The molecule has 0 saturated heterocycles. The van der Waals surface area contributed by atoms with Gasteiger partial charge in [-0.05, 0) is 12.8 Å². The number of alkyl carbamates (subject to hydrolysis) is 2. The molecule has 0 atom stereocenters. The minimum atomic E-state index is -0.810. The Labute approximate surface area is 141 Å². The summed E-state index contributed by atoms with van der Waals surface area (Å²) in [5.41, 5.74) is 0. The molecular weight excluding hydrogens is 320 g/mol. The summed E-state index contributed by atoms with van der Waals surface area (Å²) in [5.74, 6) is -0.327. The summed E-state index contributed by atoms with van der Waals surface area (Å²) in [6.07, 6.45) is 2.06. The smallest absolute Gasteiger partial charge is 0.411 e. The van der Waals surface area contributed by atoms with Crippen molar-refractivity contribution in [1.29, 1.82) is 0 Å². The molecule has 138 valence electrons. The first kappa shape index (κ1) is 21.5.